The van der Waals surface area contributed by atoms with Gasteiger partial charge in [-0.2, -0.15) is 0 Å². The van der Waals surface area contributed by atoms with Crippen molar-refractivity contribution in [1.82, 2.24) is 9.80 Å². The molecular formula is C28H59N3O. The molecule has 0 spiro atoms. The van der Waals surface area contributed by atoms with Crippen molar-refractivity contribution < 1.29 is 4.74 Å². The highest BCUT2D eigenvalue weighted by Crippen LogP contribution is 2.32. The molecule has 0 N–H and O–H groups in total. The third kappa shape index (κ3) is 12.1. The van der Waals surface area contributed by atoms with Crippen LogP contribution >= 0.6 is 0 Å². The van der Waals surface area contributed by atoms with Crippen molar-refractivity contribution in [3.05, 3.63) is 0 Å². The maximum atomic E-state index is 6.06. The minimum Gasteiger partial charge on any atom is -0.375 e. The lowest BCUT2D eigenvalue weighted by Gasteiger charge is -2.48. The Labute approximate surface area is 202 Å². The summed E-state index contributed by atoms with van der Waals surface area (Å²) < 4.78 is 6.06. The van der Waals surface area contributed by atoms with Gasteiger partial charge in [-0.15, -0.1) is 0 Å². The normalized spacial score (nSPS) is 15.4. The standard InChI is InChI=1S/C28H59N3O/c1-23(2,3)30(24(4,5)6)20-19-29-27(13,14)17-18-28(15,16)31(25(7,8)9)21-22-32-26(10,11)12/h19H,17-18,20-22H2,1-16H3. The Kier molecular flexibility index (Phi) is 10.7. The van der Waals surface area contributed by atoms with Crippen LogP contribution in [0.3, 0.4) is 0 Å². The minimum absolute atomic E-state index is 0.0646. The zero-order valence-corrected chi connectivity index (χ0v) is 24.9. The van der Waals surface area contributed by atoms with Crippen molar-refractivity contribution in [3.8, 4) is 0 Å². The number of hydrogen-bond donors (Lipinski definition) is 0. The van der Waals surface area contributed by atoms with Gasteiger partial charge in [0.15, 0.2) is 0 Å². The van der Waals surface area contributed by atoms with Gasteiger partial charge < -0.3 is 4.74 Å². The van der Waals surface area contributed by atoms with Gasteiger partial charge in [-0.25, -0.2) is 0 Å². The molecule has 0 aromatic carbocycles. The molecule has 0 saturated heterocycles. The van der Waals surface area contributed by atoms with E-state index in [9.17, 15) is 0 Å². The molecule has 4 heteroatoms. The van der Waals surface area contributed by atoms with Crippen LogP contribution in [0.2, 0.25) is 0 Å². The Hall–Kier alpha value is -0.450. The lowest BCUT2D eigenvalue weighted by Crippen LogP contribution is -2.56. The first-order chi connectivity index (χ1) is 13.9. The molecule has 32 heavy (non-hydrogen) atoms. The van der Waals surface area contributed by atoms with Gasteiger partial charge in [0.25, 0.3) is 0 Å². The fraction of sp³-hybridized carbons (Fsp3) is 0.964. The highest BCUT2D eigenvalue weighted by atomic mass is 16.5. The molecule has 0 fully saturated rings. The van der Waals surface area contributed by atoms with E-state index in [2.05, 4.69) is 127 Å². The van der Waals surface area contributed by atoms with Gasteiger partial charge in [-0.05, 0) is 124 Å². The number of aliphatic imine (C=N–C) groups is 1. The van der Waals surface area contributed by atoms with Crippen LogP contribution in [0.5, 0.6) is 0 Å². The molecule has 0 bridgehead atoms. The van der Waals surface area contributed by atoms with Crippen LogP contribution in [0.4, 0.5) is 0 Å². The van der Waals surface area contributed by atoms with Gasteiger partial charge >= 0.3 is 0 Å². The molecule has 0 rings (SSSR count). The first-order valence-corrected chi connectivity index (χ1v) is 12.6. The summed E-state index contributed by atoms with van der Waals surface area (Å²) in [5, 5.41) is 0. The van der Waals surface area contributed by atoms with E-state index in [0.29, 0.717) is 0 Å². The topological polar surface area (TPSA) is 28.1 Å². The quantitative estimate of drug-likeness (QED) is 0.327. The molecule has 0 aliphatic heterocycles. The first-order valence-electron chi connectivity index (χ1n) is 12.6. The van der Waals surface area contributed by atoms with Crippen LogP contribution < -0.4 is 0 Å². The van der Waals surface area contributed by atoms with Crippen LogP contribution in [0, 0.1) is 0 Å². The average Bonchev–Trinajstić information content (AvgIpc) is 2.49. The zero-order valence-electron chi connectivity index (χ0n) is 24.9. The van der Waals surface area contributed by atoms with Crippen molar-refractivity contribution in [3.63, 3.8) is 0 Å². The number of rotatable bonds is 10. The van der Waals surface area contributed by atoms with Gasteiger partial charge in [0.2, 0.25) is 0 Å². The monoisotopic (exact) mass is 453 g/mol. The Morgan fingerprint density at radius 1 is 0.625 bits per heavy atom. The van der Waals surface area contributed by atoms with E-state index in [1.165, 1.54) is 0 Å². The predicted molar refractivity (Wildman–Crippen MR) is 144 cm³/mol. The fourth-order valence-electron chi connectivity index (χ4n) is 4.72. The molecular weight excluding hydrogens is 394 g/mol. The van der Waals surface area contributed by atoms with Crippen LogP contribution in [-0.4, -0.2) is 69.0 Å². The van der Waals surface area contributed by atoms with E-state index in [-0.39, 0.29) is 33.3 Å². The van der Waals surface area contributed by atoms with Crippen LogP contribution in [0.15, 0.2) is 4.99 Å². The Morgan fingerprint density at radius 2 is 1.06 bits per heavy atom. The lowest BCUT2D eigenvalue weighted by molar-refractivity contribution is -0.0509. The van der Waals surface area contributed by atoms with Crippen molar-refractivity contribution in [2.24, 2.45) is 4.99 Å². The van der Waals surface area contributed by atoms with E-state index in [4.69, 9.17) is 9.73 Å². The predicted octanol–water partition coefficient (Wildman–Crippen LogP) is 7.21. The third-order valence-electron chi connectivity index (χ3n) is 6.06. The summed E-state index contributed by atoms with van der Waals surface area (Å²) in [5.41, 5.74) is 0.188. The smallest absolute Gasteiger partial charge is 0.0601 e. The molecule has 0 radical (unpaired) electrons. The fourth-order valence-corrected chi connectivity index (χ4v) is 4.72. The van der Waals surface area contributed by atoms with Crippen molar-refractivity contribution in [1.29, 1.82) is 0 Å². The van der Waals surface area contributed by atoms with Crippen molar-refractivity contribution >= 4 is 6.21 Å². The largest absolute Gasteiger partial charge is 0.375 e. The van der Waals surface area contributed by atoms with Gasteiger partial charge in [0.05, 0.1) is 17.7 Å². The molecule has 0 aromatic heterocycles. The second-order valence-corrected chi connectivity index (χ2v) is 14.7. The average molecular weight is 454 g/mol. The van der Waals surface area contributed by atoms with Gasteiger partial charge in [-0.1, -0.05) is 0 Å². The molecule has 0 unspecified atom stereocenters. The molecule has 0 amide bonds. The summed E-state index contributed by atoms with van der Waals surface area (Å²) in [6.07, 6.45) is 4.28. The Morgan fingerprint density at radius 3 is 1.44 bits per heavy atom. The summed E-state index contributed by atoms with van der Waals surface area (Å²) in [5.74, 6) is 0. The van der Waals surface area contributed by atoms with Crippen LogP contribution in [-0.2, 0) is 4.74 Å². The molecule has 0 heterocycles. The van der Waals surface area contributed by atoms with E-state index < -0.39 is 0 Å². The second kappa shape index (κ2) is 10.9. The molecule has 0 aliphatic carbocycles. The number of ether oxygens (including phenoxy) is 1. The number of nitrogens with zero attached hydrogens (tertiary/aromatic N) is 3. The Balaban J connectivity index is 5.21. The van der Waals surface area contributed by atoms with Crippen LogP contribution in [0.1, 0.15) is 124 Å². The summed E-state index contributed by atoms with van der Waals surface area (Å²) in [7, 11) is 0. The summed E-state index contributed by atoms with van der Waals surface area (Å²) in [6.45, 7) is 38.8. The van der Waals surface area contributed by atoms with Gasteiger partial charge in [0.1, 0.15) is 0 Å². The highest BCUT2D eigenvalue weighted by molar-refractivity contribution is 5.60. The summed E-state index contributed by atoms with van der Waals surface area (Å²) >= 11 is 0. The SMILES string of the molecule is CC(C)(CCC(C)(C)N(CCOC(C)(C)C)C(C)(C)C)N=CCN(C(C)(C)C)C(C)(C)C. The van der Waals surface area contributed by atoms with Gasteiger partial charge in [0, 0.05) is 41.5 Å². The first kappa shape index (κ1) is 31.6. The molecule has 192 valence electrons. The molecule has 0 saturated carbocycles. The van der Waals surface area contributed by atoms with E-state index in [1.54, 1.807) is 0 Å². The van der Waals surface area contributed by atoms with Gasteiger partial charge in [-0.3, -0.25) is 14.8 Å². The van der Waals surface area contributed by atoms with Crippen LogP contribution in [0.25, 0.3) is 0 Å². The van der Waals surface area contributed by atoms with Crippen molar-refractivity contribution in [2.45, 2.75) is 157 Å². The Bertz CT molecular complexity index is 564. The second-order valence-electron chi connectivity index (χ2n) is 14.7. The number of hydrogen-bond acceptors (Lipinski definition) is 4. The summed E-state index contributed by atoms with van der Waals surface area (Å²) in [6, 6.07) is 0. The summed E-state index contributed by atoms with van der Waals surface area (Å²) in [4.78, 5) is 10.1. The van der Waals surface area contributed by atoms with Crippen molar-refractivity contribution in [2.75, 3.05) is 19.7 Å². The van der Waals surface area contributed by atoms with E-state index in [1.807, 2.05) is 0 Å². The van der Waals surface area contributed by atoms with E-state index in [0.717, 1.165) is 32.5 Å². The molecule has 0 aromatic rings. The molecule has 0 aliphatic rings. The third-order valence-corrected chi connectivity index (χ3v) is 6.06. The maximum Gasteiger partial charge on any atom is 0.0601 e. The highest BCUT2D eigenvalue weighted by Gasteiger charge is 2.36. The maximum absolute atomic E-state index is 6.06. The molecule has 0 atom stereocenters. The van der Waals surface area contributed by atoms with E-state index >= 15 is 0 Å². The lowest BCUT2D eigenvalue weighted by atomic mass is 9.85. The molecule has 4 nitrogen and oxygen atoms in total. The zero-order chi connectivity index (χ0) is 25.8. The minimum atomic E-state index is -0.0988.